The molecule has 0 amide bonds. The summed E-state index contributed by atoms with van der Waals surface area (Å²) in [6.45, 7) is 4.34. The van der Waals surface area contributed by atoms with Crippen LogP contribution in [0.2, 0.25) is 0 Å². The Bertz CT molecular complexity index is 647. The molecule has 1 aromatic heterocycles. The van der Waals surface area contributed by atoms with E-state index in [-0.39, 0.29) is 17.3 Å². The van der Waals surface area contributed by atoms with Crippen molar-refractivity contribution in [3.63, 3.8) is 0 Å². The molecule has 168 valence electrons. The lowest BCUT2D eigenvalue weighted by Crippen LogP contribution is -2.39. The Morgan fingerprint density at radius 2 is 1.48 bits per heavy atom. The minimum atomic E-state index is -0.513. The van der Waals surface area contributed by atoms with E-state index in [4.69, 9.17) is 5.73 Å². The van der Waals surface area contributed by atoms with E-state index >= 15 is 0 Å². The number of aliphatic hydroxyl groups is 1. The summed E-state index contributed by atoms with van der Waals surface area (Å²) in [7, 11) is 1.65. The van der Waals surface area contributed by atoms with Crippen LogP contribution in [-0.4, -0.2) is 26.4 Å². The van der Waals surface area contributed by atoms with E-state index in [1.165, 1.54) is 60.5 Å². The van der Waals surface area contributed by atoms with Crippen LogP contribution >= 0.6 is 0 Å². The van der Waals surface area contributed by atoms with Crippen molar-refractivity contribution in [1.82, 2.24) is 9.13 Å². The fourth-order valence-corrected chi connectivity index (χ4v) is 3.81. The topological polar surface area (TPSA) is 90.2 Å². The van der Waals surface area contributed by atoms with Crippen LogP contribution < -0.4 is 17.0 Å². The highest BCUT2D eigenvalue weighted by Crippen LogP contribution is 2.13. The molecular weight excluding hydrogens is 366 g/mol. The molecule has 6 nitrogen and oxygen atoms in total. The monoisotopic (exact) mass is 409 g/mol. The third-order valence-corrected chi connectivity index (χ3v) is 5.77. The fraction of sp³-hybridized carbons (Fsp3) is 0.826. The molecule has 1 aromatic rings. The SMILES string of the molecule is CCCCCCCCCCCC(N)C(O)CCCCn1c(=O)c(C)cn(C)c1=O. The van der Waals surface area contributed by atoms with E-state index in [0.717, 1.165) is 19.3 Å². The molecular formula is C23H43N3O3. The van der Waals surface area contributed by atoms with E-state index < -0.39 is 6.10 Å². The Morgan fingerprint density at radius 1 is 0.931 bits per heavy atom. The summed E-state index contributed by atoms with van der Waals surface area (Å²) in [6.07, 6.45) is 15.5. The summed E-state index contributed by atoms with van der Waals surface area (Å²) in [5.74, 6) is 0. The molecule has 0 aliphatic heterocycles. The summed E-state index contributed by atoms with van der Waals surface area (Å²) >= 11 is 0. The lowest BCUT2D eigenvalue weighted by Gasteiger charge is -2.19. The van der Waals surface area contributed by atoms with Crippen molar-refractivity contribution >= 4 is 0 Å². The highest BCUT2D eigenvalue weighted by Gasteiger charge is 2.14. The van der Waals surface area contributed by atoms with Gasteiger partial charge in [-0.05, 0) is 32.6 Å². The van der Waals surface area contributed by atoms with E-state index in [0.29, 0.717) is 24.9 Å². The number of aliphatic hydroxyl groups excluding tert-OH is 1. The molecule has 1 heterocycles. The normalized spacial score (nSPS) is 13.6. The number of hydrogen-bond acceptors (Lipinski definition) is 4. The van der Waals surface area contributed by atoms with Crippen LogP contribution in [0, 0.1) is 6.92 Å². The first-order valence-electron chi connectivity index (χ1n) is 11.6. The van der Waals surface area contributed by atoms with Gasteiger partial charge >= 0.3 is 5.69 Å². The van der Waals surface area contributed by atoms with Crippen LogP contribution in [-0.2, 0) is 13.6 Å². The maximum atomic E-state index is 12.1. The van der Waals surface area contributed by atoms with Crippen LogP contribution in [0.4, 0.5) is 0 Å². The minimum absolute atomic E-state index is 0.186. The van der Waals surface area contributed by atoms with Gasteiger partial charge in [0, 0.05) is 31.4 Å². The Morgan fingerprint density at radius 3 is 2.10 bits per heavy atom. The van der Waals surface area contributed by atoms with Crippen LogP contribution in [0.1, 0.15) is 96.0 Å². The molecule has 0 fully saturated rings. The molecule has 0 aromatic carbocycles. The molecule has 0 saturated carbocycles. The van der Waals surface area contributed by atoms with Crippen LogP contribution in [0.3, 0.4) is 0 Å². The molecule has 0 bridgehead atoms. The number of hydrogen-bond donors (Lipinski definition) is 2. The molecule has 0 aliphatic carbocycles. The summed E-state index contributed by atoms with van der Waals surface area (Å²) in [5, 5.41) is 10.3. The molecule has 0 aliphatic rings. The molecule has 0 spiro atoms. The van der Waals surface area contributed by atoms with Crippen molar-refractivity contribution in [2.24, 2.45) is 12.8 Å². The summed E-state index contributed by atoms with van der Waals surface area (Å²) in [6, 6.07) is -0.186. The maximum absolute atomic E-state index is 12.1. The highest BCUT2D eigenvalue weighted by atomic mass is 16.3. The lowest BCUT2D eigenvalue weighted by molar-refractivity contribution is 0.126. The average molecular weight is 410 g/mol. The third-order valence-electron chi connectivity index (χ3n) is 5.77. The van der Waals surface area contributed by atoms with Gasteiger partial charge in [-0.15, -0.1) is 0 Å². The van der Waals surface area contributed by atoms with Crippen molar-refractivity contribution in [2.75, 3.05) is 0 Å². The molecule has 29 heavy (non-hydrogen) atoms. The zero-order valence-electron chi connectivity index (χ0n) is 18.9. The van der Waals surface area contributed by atoms with Gasteiger partial charge in [0.15, 0.2) is 0 Å². The van der Waals surface area contributed by atoms with E-state index in [1.54, 1.807) is 20.2 Å². The lowest BCUT2D eigenvalue weighted by atomic mass is 9.99. The first-order valence-corrected chi connectivity index (χ1v) is 11.6. The fourth-order valence-electron chi connectivity index (χ4n) is 3.81. The maximum Gasteiger partial charge on any atom is 0.330 e. The van der Waals surface area contributed by atoms with Gasteiger partial charge in [0.1, 0.15) is 0 Å². The Hall–Kier alpha value is -1.40. The van der Waals surface area contributed by atoms with Crippen LogP contribution in [0.15, 0.2) is 15.8 Å². The third kappa shape index (κ3) is 9.77. The standard InChI is InChI=1S/C23H43N3O3/c1-4-5-6-7-8-9-10-11-12-15-20(24)21(27)16-13-14-17-26-22(28)19(2)18-25(3)23(26)29/h18,20-21,27H,4-17,24H2,1-3H3. The van der Waals surface area contributed by atoms with E-state index in [9.17, 15) is 14.7 Å². The zero-order chi connectivity index (χ0) is 21.6. The number of aromatic nitrogens is 2. The van der Waals surface area contributed by atoms with Gasteiger partial charge in [0.05, 0.1) is 6.10 Å². The van der Waals surface area contributed by atoms with Gasteiger partial charge in [0.25, 0.3) is 5.56 Å². The Kier molecular flexibility index (Phi) is 12.9. The quantitative estimate of drug-likeness (QED) is 0.408. The predicted molar refractivity (Wildman–Crippen MR) is 120 cm³/mol. The largest absolute Gasteiger partial charge is 0.392 e. The van der Waals surface area contributed by atoms with Gasteiger partial charge in [-0.1, -0.05) is 64.7 Å². The number of nitrogens with zero attached hydrogens (tertiary/aromatic N) is 2. The first-order chi connectivity index (χ1) is 13.9. The predicted octanol–water partition coefficient (Wildman–Crippen LogP) is 3.63. The number of unbranched alkanes of at least 4 members (excludes halogenated alkanes) is 9. The summed E-state index contributed by atoms with van der Waals surface area (Å²) < 4.78 is 2.72. The second kappa shape index (κ2) is 14.6. The second-order valence-corrected chi connectivity index (χ2v) is 8.51. The Labute approximate surface area is 176 Å². The number of nitrogens with two attached hydrogens (primary N) is 1. The average Bonchev–Trinajstić information content (AvgIpc) is 2.70. The van der Waals surface area contributed by atoms with Crippen molar-refractivity contribution in [1.29, 1.82) is 0 Å². The second-order valence-electron chi connectivity index (χ2n) is 8.51. The van der Waals surface area contributed by atoms with Crippen molar-refractivity contribution < 1.29 is 5.11 Å². The van der Waals surface area contributed by atoms with Gasteiger partial charge in [0.2, 0.25) is 0 Å². The van der Waals surface area contributed by atoms with Crippen LogP contribution in [0.25, 0.3) is 0 Å². The molecule has 0 radical (unpaired) electrons. The molecule has 6 heteroatoms. The van der Waals surface area contributed by atoms with Crippen molar-refractivity contribution in [2.45, 2.75) is 116 Å². The number of aryl methyl sites for hydroxylation is 2. The smallest absolute Gasteiger partial charge is 0.330 e. The molecule has 2 atom stereocenters. The van der Waals surface area contributed by atoms with E-state index in [1.807, 2.05) is 0 Å². The number of rotatable bonds is 16. The molecule has 0 saturated heterocycles. The van der Waals surface area contributed by atoms with Crippen molar-refractivity contribution in [3.8, 4) is 0 Å². The van der Waals surface area contributed by atoms with Crippen molar-refractivity contribution in [3.05, 3.63) is 32.6 Å². The minimum Gasteiger partial charge on any atom is -0.392 e. The van der Waals surface area contributed by atoms with E-state index in [2.05, 4.69) is 6.92 Å². The summed E-state index contributed by atoms with van der Waals surface area (Å²) in [4.78, 5) is 24.2. The van der Waals surface area contributed by atoms with Gasteiger partial charge in [-0.3, -0.25) is 9.36 Å². The summed E-state index contributed by atoms with van der Waals surface area (Å²) in [5.41, 5.74) is 6.19. The zero-order valence-corrected chi connectivity index (χ0v) is 18.9. The van der Waals surface area contributed by atoms with Gasteiger partial charge in [-0.25, -0.2) is 4.79 Å². The van der Waals surface area contributed by atoms with Gasteiger partial charge < -0.3 is 15.4 Å². The Balaban J connectivity index is 2.16. The van der Waals surface area contributed by atoms with Gasteiger partial charge in [-0.2, -0.15) is 0 Å². The van der Waals surface area contributed by atoms with Crippen LogP contribution in [0.5, 0.6) is 0 Å². The highest BCUT2D eigenvalue weighted by molar-refractivity contribution is 5.02. The molecule has 3 N–H and O–H groups in total. The molecule has 1 rings (SSSR count). The molecule has 2 unspecified atom stereocenters. The first kappa shape index (κ1) is 25.6.